The second kappa shape index (κ2) is 7.77. The third-order valence-corrected chi connectivity index (χ3v) is 4.62. The summed E-state index contributed by atoms with van der Waals surface area (Å²) in [6.45, 7) is 2.96. The smallest absolute Gasteiger partial charge is 0.334 e. The van der Waals surface area contributed by atoms with Crippen LogP contribution in [0.4, 0.5) is 11.4 Å². The van der Waals surface area contributed by atoms with Gasteiger partial charge in [0.15, 0.2) is 11.4 Å². The molecular formula is C17H15ClN4O6. The highest BCUT2D eigenvalue weighted by Gasteiger charge is 2.31. The predicted octanol–water partition coefficient (Wildman–Crippen LogP) is 4.32. The molecule has 3 rings (SSSR count). The highest BCUT2D eigenvalue weighted by Crippen LogP contribution is 2.34. The fourth-order valence-corrected chi connectivity index (χ4v) is 3.18. The normalized spacial score (nSPS) is 11.1. The van der Waals surface area contributed by atoms with Gasteiger partial charge >= 0.3 is 11.4 Å². The summed E-state index contributed by atoms with van der Waals surface area (Å²) in [7, 11) is 0. The van der Waals surface area contributed by atoms with Crippen molar-refractivity contribution in [2.45, 2.75) is 32.6 Å². The van der Waals surface area contributed by atoms with Gasteiger partial charge in [-0.3, -0.25) is 20.2 Å². The van der Waals surface area contributed by atoms with Crippen molar-refractivity contribution in [3.05, 3.63) is 78.0 Å². The minimum Gasteiger partial charge on any atom is -0.354 e. The molecule has 28 heavy (non-hydrogen) atoms. The zero-order chi connectivity index (χ0) is 20.4. The molecule has 0 saturated carbocycles. The summed E-state index contributed by atoms with van der Waals surface area (Å²) in [5.74, 6) is -0.253. The first-order chi connectivity index (χ1) is 13.3. The van der Waals surface area contributed by atoms with Crippen molar-refractivity contribution in [1.29, 1.82) is 0 Å². The minimum atomic E-state index is -0.554. The molecule has 1 aromatic carbocycles. The highest BCUT2D eigenvalue weighted by atomic mass is 35.5. The van der Waals surface area contributed by atoms with Crippen LogP contribution in [-0.2, 0) is 12.8 Å². The van der Waals surface area contributed by atoms with Crippen molar-refractivity contribution >= 4 is 23.0 Å². The molecular weight excluding hydrogens is 392 g/mol. The fourth-order valence-electron chi connectivity index (χ4n) is 3.05. The Kier molecular flexibility index (Phi) is 5.41. The molecule has 0 aliphatic carbocycles. The fraction of sp³-hybridized carbons (Fsp3) is 0.294. The van der Waals surface area contributed by atoms with Crippen LogP contribution in [-0.4, -0.2) is 20.2 Å². The van der Waals surface area contributed by atoms with E-state index in [4.69, 9.17) is 20.6 Å². The monoisotopic (exact) mass is 406 g/mol. The van der Waals surface area contributed by atoms with Gasteiger partial charge in [-0.1, -0.05) is 34.0 Å². The largest absolute Gasteiger partial charge is 0.354 e. The SMILES string of the molecule is Cc1noc(CC(Cc2onc(C)c2[N+](=O)[O-])c2ccc(Cl)cc2)c1[N+](=O)[O-]. The molecule has 11 heteroatoms. The minimum absolute atomic E-state index is 0.0846. The van der Waals surface area contributed by atoms with E-state index in [1.165, 1.54) is 13.8 Å². The Morgan fingerprint density at radius 3 is 1.75 bits per heavy atom. The van der Waals surface area contributed by atoms with Crippen LogP contribution in [0.3, 0.4) is 0 Å². The first-order valence-electron chi connectivity index (χ1n) is 8.22. The van der Waals surface area contributed by atoms with Crippen LogP contribution in [0, 0.1) is 34.1 Å². The Balaban J connectivity index is 2.00. The number of aryl methyl sites for hydroxylation is 2. The standard InChI is InChI=1S/C17H15ClN4O6/c1-9-16(21(23)24)14(27-19-9)7-12(11-3-5-13(18)6-4-11)8-15-17(22(25)26)10(2)20-28-15/h3-6,12H,7-8H2,1-2H3. The van der Waals surface area contributed by atoms with Crippen LogP contribution in [0.1, 0.15) is 34.4 Å². The van der Waals surface area contributed by atoms with Crippen molar-refractivity contribution in [3.8, 4) is 0 Å². The molecule has 10 nitrogen and oxygen atoms in total. The van der Waals surface area contributed by atoms with Crippen molar-refractivity contribution < 1.29 is 18.9 Å². The average molecular weight is 407 g/mol. The second-order valence-corrected chi connectivity index (χ2v) is 6.69. The maximum Gasteiger partial charge on any atom is 0.334 e. The van der Waals surface area contributed by atoms with Gasteiger partial charge in [-0.15, -0.1) is 0 Å². The first kappa shape index (κ1) is 19.5. The van der Waals surface area contributed by atoms with Gasteiger partial charge in [-0.2, -0.15) is 0 Å². The van der Waals surface area contributed by atoms with Gasteiger partial charge in [0.1, 0.15) is 0 Å². The quantitative estimate of drug-likeness (QED) is 0.417. The molecule has 3 aromatic rings. The number of hydrogen-bond acceptors (Lipinski definition) is 8. The number of halogens is 1. The van der Waals surface area contributed by atoms with E-state index >= 15 is 0 Å². The Hall–Kier alpha value is -3.27. The van der Waals surface area contributed by atoms with E-state index in [0.29, 0.717) is 5.02 Å². The van der Waals surface area contributed by atoms with Crippen LogP contribution in [0.15, 0.2) is 33.3 Å². The molecule has 0 aliphatic rings. The number of hydrogen-bond donors (Lipinski definition) is 0. The number of aromatic nitrogens is 2. The van der Waals surface area contributed by atoms with Crippen LogP contribution in [0.5, 0.6) is 0 Å². The van der Waals surface area contributed by atoms with E-state index in [1.807, 2.05) is 0 Å². The molecule has 0 N–H and O–H groups in total. The van der Waals surface area contributed by atoms with E-state index in [-0.39, 0.29) is 47.1 Å². The Morgan fingerprint density at radius 2 is 1.36 bits per heavy atom. The summed E-state index contributed by atoms with van der Waals surface area (Å²) in [5, 5.41) is 30.6. The summed E-state index contributed by atoms with van der Waals surface area (Å²) in [4.78, 5) is 21.6. The average Bonchev–Trinajstić information content (AvgIpc) is 3.17. The molecule has 0 amide bonds. The lowest BCUT2D eigenvalue weighted by Gasteiger charge is -2.14. The zero-order valence-corrected chi connectivity index (χ0v) is 15.7. The van der Waals surface area contributed by atoms with Gasteiger partial charge in [0, 0.05) is 17.9 Å². The summed E-state index contributed by atoms with van der Waals surface area (Å²) < 4.78 is 10.3. The van der Waals surface area contributed by atoms with E-state index in [2.05, 4.69) is 10.3 Å². The summed E-state index contributed by atoms with van der Waals surface area (Å²) in [5.41, 5.74) is 0.674. The summed E-state index contributed by atoms with van der Waals surface area (Å²) >= 11 is 5.94. The van der Waals surface area contributed by atoms with Crippen LogP contribution < -0.4 is 0 Å². The first-order valence-corrected chi connectivity index (χ1v) is 8.60. The van der Waals surface area contributed by atoms with E-state index in [0.717, 1.165) is 5.56 Å². The number of nitro groups is 2. The van der Waals surface area contributed by atoms with Gasteiger partial charge in [-0.05, 0) is 37.5 Å². The van der Waals surface area contributed by atoms with Crippen molar-refractivity contribution in [3.63, 3.8) is 0 Å². The van der Waals surface area contributed by atoms with Gasteiger partial charge in [0.25, 0.3) is 0 Å². The molecule has 0 radical (unpaired) electrons. The predicted molar refractivity (Wildman–Crippen MR) is 97.4 cm³/mol. The third kappa shape index (κ3) is 3.86. The molecule has 0 atom stereocenters. The van der Waals surface area contributed by atoms with Crippen LogP contribution in [0.25, 0.3) is 0 Å². The van der Waals surface area contributed by atoms with Crippen molar-refractivity contribution in [2.24, 2.45) is 0 Å². The molecule has 0 fully saturated rings. The molecule has 0 bridgehead atoms. The van der Waals surface area contributed by atoms with Crippen molar-refractivity contribution in [2.75, 3.05) is 0 Å². The summed E-state index contributed by atoms with van der Waals surface area (Å²) in [6.07, 6.45) is 0.186. The van der Waals surface area contributed by atoms with Gasteiger partial charge in [-0.25, -0.2) is 0 Å². The Bertz CT molecular complexity index is 967. The Morgan fingerprint density at radius 1 is 0.929 bits per heavy atom. The number of benzene rings is 1. The Labute approximate surface area is 163 Å². The van der Waals surface area contributed by atoms with Crippen LogP contribution in [0.2, 0.25) is 5.02 Å². The molecule has 2 aromatic heterocycles. The summed E-state index contributed by atoms with van der Waals surface area (Å²) in [6, 6.07) is 6.84. The lowest BCUT2D eigenvalue weighted by Crippen LogP contribution is -2.08. The molecule has 0 saturated heterocycles. The van der Waals surface area contributed by atoms with E-state index < -0.39 is 15.8 Å². The molecule has 146 valence electrons. The van der Waals surface area contributed by atoms with Gasteiger partial charge < -0.3 is 9.05 Å². The van der Waals surface area contributed by atoms with Crippen LogP contribution >= 0.6 is 11.6 Å². The van der Waals surface area contributed by atoms with E-state index in [1.54, 1.807) is 24.3 Å². The molecule has 0 aliphatic heterocycles. The van der Waals surface area contributed by atoms with E-state index in [9.17, 15) is 20.2 Å². The van der Waals surface area contributed by atoms with Gasteiger partial charge in [0.05, 0.1) is 9.85 Å². The van der Waals surface area contributed by atoms with Gasteiger partial charge in [0.2, 0.25) is 11.5 Å². The zero-order valence-electron chi connectivity index (χ0n) is 14.9. The lowest BCUT2D eigenvalue weighted by molar-refractivity contribution is -0.386. The topological polar surface area (TPSA) is 138 Å². The van der Waals surface area contributed by atoms with Crippen molar-refractivity contribution in [1.82, 2.24) is 10.3 Å². The lowest BCUT2D eigenvalue weighted by atomic mass is 9.89. The molecule has 2 heterocycles. The second-order valence-electron chi connectivity index (χ2n) is 6.25. The maximum atomic E-state index is 11.3. The highest BCUT2D eigenvalue weighted by molar-refractivity contribution is 6.30. The molecule has 0 unspecified atom stereocenters. The molecule has 0 spiro atoms. The maximum absolute atomic E-state index is 11.3. The number of nitrogens with zero attached hydrogens (tertiary/aromatic N) is 4. The third-order valence-electron chi connectivity index (χ3n) is 4.37. The number of rotatable bonds is 7.